The Bertz CT molecular complexity index is 1370. The zero-order valence-electron chi connectivity index (χ0n) is 55.5. The van der Waals surface area contributed by atoms with Crippen molar-refractivity contribution in [3.05, 3.63) is 36.5 Å². The SMILES string of the molecule is CCCCCCC/C=C\C/C=C\C/C=C\CCCCCCCCCCCCCCCCC(=O)OCC(COC(=O)CCCCCCCCCCC)OC(=O)CCCCCCCCCCCCCCCCCCCCCCCCCCCC. The van der Waals surface area contributed by atoms with Gasteiger partial charge in [0.05, 0.1) is 0 Å². The van der Waals surface area contributed by atoms with E-state index in [9.17, 15) is 14.4 Å². The predicted molar refractivity (Wildman–Crippen MR) is 358 cm³/mol. The van der Waals surface area contributed by atoms with Crippen LogP contribution in [-0.2, 0) is 28.6 Å². The van der Waals surface area contributed by atoms with Gasteiger partial charge in [0.1, 0.15) is 13.2 Å². The lowest BCUT2D eigenvalue weighted by molar-refractivity contribution is -0.167. The van der Waals surface area contributed by atoms with Crippen molar-refractivity contribution in [2.45, 2.75) is 419 Å². The van der Waals surface area contributed by atoms with Gasteiger partial charge in [-0.05, 0) is 57.8 Å². The molecule has 0 heterocycles. The summed E-state index contributed by atoms with van der Waals surface area (Å²) in [7, 11) is 0. The first kappa shape index (κ1) is 79.6. The molecule has 0 aliphatic carbocycles. The number of carbonyl (C=O) groups is 3. The van der Waals surface area contributed by atoms with Crippen molar-refractivity contribution in [1.29, 1.82) is 0 Å². The van der Waals surface area contributed by atoms with Gasteiger partial charge in [0, 0.05) is 19.3 Å². The lowest BCUT2D eigenvalue weighted by atomic mass is 10.0. The molecule has 0 saturated carbocycles. The Balaban J connectivity index is 4.08. The van der Waals surface area contributed by atoms with Crippen LogP contribution in [0.3, 0.4) is 0 Å². The van der Waals surface area contributed by atoms with Crippen molar-refractivity contribution >= 4 is 17.9 Å². The van der Waals surface area contributed by atoms with E-state index in [1.807, 2.05) is 0 Å². The molecule has 0 aromatic heterocycles. The molecule has 0 N–H and O–H groups in total. The minimum absolute atomic E-state index is 0.0659. The fraction of sp³-hybridized carbons (Fsp3) is 0.882. The van der Waals surface area contributed by atoms with E-state index in [4.69, 9.17) is 14.2 Å². The third-order valence-corrected chi connectivity index (χ3v) is 16.9. The molecule has 0 aromatic rings. The number of hydrogen-bond donors (Lipinski definition) is 0. The first-order chi connectivity index (χ1) is 40.5. The Hall–Kier alpha value is -2.37. The van der Waals surface area contributed by atoms with Crippen molar-refractivity contribution in [2.75, 3.05) is 13.2 Å². The Labute approximate surface area is 512 Å². The number of rotatable bonds is 69. The number of ether oxygens (including phenoxy) is 3. The van der Waals surface area contributed by atoms with E-state index in [1.54, 1.807) is 0 Å². The lowest BCUT2D eigenvalue weighted by Gasteiger charge is -2.18. The molecule has 6 nitrogen and oxygen atoms in total. The van der Waals surface area contributed by atoms with Crippen molar-refractivity contribution in [3.8, 4) is 0 Å². The molecule has 0 radical (unpaired) electrons. The molecule has 0 spiro atoms. The Kier molecular flexibility index (Phi) is 69.1. The van der Waals surface area contributed by atoms with Crippen molar-refractivity contribution < 1.29 is 28.6 Å². The van der Waals surface area contributed by atoms with Crippen LogP contribution in [0, 0.1) is 0 Å². The maximum Gasteiger partial charge on any atom is 0.306 e. The second kappa shape index (κ2) is 71.1. The second-order valence-electron chi connectivity index (χ2n) is 25.2. The highest BCUT2D eigenvalue weighted by molar-refractivity contribution is 5.71. The summed E-state index contributed by atoms with van der Waals surface area (Å²) >= 11 is 0. The molecule has 82 heavy (non-hydrogen) atoms. The van der Waals surface area contributed by atoms with Gasteiger partial charge >= 0.3 is 17.9 Å². The van der Waals surface area contributed by atoms with Crippen LogP contribution >= 0.6 is 0 Å². The zero-order valence-corrected chi connectivity index (χ0v) is 55.5. The molecule has 0 saturated heterocycles. The summed E-state index contributed by atoms with van der Waals surface area (Å²) in [5.74, 6) is -0.839. The summed E-state index contributed by atoms with van der Waals surface area (Å²) in [5, 5.41) is 0. The summed E-state index contributed by atoms with van der Waals surface area (Å²) in [6, 6.07) is 0. The van der Waals surface area contributed by atoms with Gasteiger partial charge < -0.3 is 14.2 Å². The summed E-state index contributed by atoms with van der Waals surface area (Å²) in [6.45, 7) is 6.69. The molecule has 0 aliphatic rings. The van der Waals surface area contributed by atoms with E-state index in [-0.39, 0.29) is 31.1 Å². The van der Waals surface area contributed by atoms with Crippen LogP contribution < -0.4 is 0 Å². The molecule has 482 valence electrons. The quantitative estimate of drug-likeness (QED) is 0.0261. The largest absolute Gasteiger partial charge is 0.462 e. The highest BCUT2D eigenvalue weighted by Crippen LogP contribution is 2.19. The number of carbonyl (C=O) groups excluding carboxylic acids is 3. The van der Waals surface area contributed by atoms with Gasteiger partial charge in [-0.15, -0.1) is 0 Å². The van der Waals surface area contributed by atoms with Crippen LogP contribution in [0.5, 0.6) is 0 Å². The molecular formula is C76H142O6. The first-order valence-corrected chi connectivity index (χ1v) is 37.0. The minimum atomic E-state index is -0.768. The number of hydrogen-bond acceptors (Lipinski definition) is 6. The van der Waals surface area contributed by atoms with Gasteiger partial charge in [-0.1, -0.05) is 372 Å². The molecule has 0 aliphatic heterocycles. The van der Waals surface area contributed by atoms with Crippen LogP contribution in [0.1, 0.15) is 412 Å². The summed E-state index contributed by atoms with van der Waals surface area (Å²) in [6.07, 6.45) is 89.2. The van der Waals surface area contributed by atoms with Crippen LogP contribution in [-0.4, -0.2) is 37.2 Å². The molecule has 0 fully saturated rings. The van der Waals surface area contributed by atoms with Crippen LogP contribution in [0.2, 0.25) is 0 Å². The van der Waals surface area contributed by atoms with Gasteiger partial charge in [-0.25, -0.2) is 0 Å². The lowest BCUT2D eigenvalue weighted by Crippen LogP contribution is -2.30. The molecular weight excluding hydrogens is 1010 g/mol. The smallest absolute Gasteiger partial charge is 0.306 e. The Morgan fingerprint density at radius 3 is 0.683 bits per heavy atom. The molecule has 1 atom stereocenters. The highest BCUT2D eigenvalue weighted by atomic mass is 16.6. The monoisotopic (exact) mass is 1150 g/mol. The van der Waals surface area contributed by atoms with Gasteiger partial charge in [0.2, 0.25) is 0 Å². The van der Waals surface area contributed by atoms with Gasteiger partial charge in [0.15, 0.2) is 6.10 Å². The Morgan fingerprint density at radius 2 is 0.439 bits per heavy atom. The molecule has 0 bridgehead atoms. The van der Waals surface area contributed by atoms with Crippen molar-refractivity contribution in [1.82, 2.24) is 0 Å². The maximum absolute atomic E-state index is 12.9. The molecule has 6 heteroatoms. The summed E-state index contributed by atoms with van der Waals surface area (Å²) in [5.41, 5.74) is 0. The summed E-state index contributed by atoms with van der Waals surface area (Å²) < 4.78 is 17.0. The third kappa shape index (κ3) is 68.4. The maximum atomic E-state index is 12.9. The fourth-order valence-electron chi connectivity index (χ4n) is 11.3. The number of esters is 3. The van der Waals surface area contributed by atoms with E-state index in [0.29, 0.717) is 19.3 Å². The Morgan fingerprint density at radius 1 is 0.244 bits per heavy atom. The average Bonchev–Trinajstić information content (AvgIpc) is 3.48. The normalized spacial score (nSPS) is 12.2. The summed E-state index contributed by atoms with van der Waals surface area (Å²) in [4.78, 5) is 38.3. The van der Waals surface area contributed by atoms with Crippen LogP contribution in [0.4, 0.5) is 0 Å². The zero-order chi connectivity index (χ0) is 59.2. The van der Waals surface area contributed by atoms with E-state index >= 15 is 0 Å². The highest BCUT2D eigenvalue weighted by Gasteiger charge is 2.20. The van der Waals surface area contributed by atoms with Crippen molar-refractivity contribution in [3.63, 3.8) is 0 Å². The topological polar surface area (TPSA) is 78.9 Å². The predicted octanol–water partition coefficient (Wildman–Crippen LogP) is 25.5. The van der Waals surface area contributed by atoms with Gasteiger partial charge in [0.25, 0.3) is 0 Å². The third-order valence-electron chi connectivity index (χ3n) is 16.9. The number of allylic oxidation sites excluding steroid dienone is 6. The van der Waals surface area contributed by atoms with E-state index in [1.165, 1.54) is 302 Å². The average molecular weight is 1150 g/mol. The molecule has 0 amide bonds. The fourth-order valence-corrected chi connectivity index (χ4v) is 11.3. The minimum Gasteiger partial charge on any atom is -0.462 e. The van der Waals surface area contributed by atoms with Crippen LogP contribution in [0.15, 0.2) is 36.5 Å². The van der Waals surface area contributed by atoms with Crippen LogP contribution in [0.25, 0.3) is 0 Å². The molecule has 0 rings (SSSR count). The molecule has 0 aromatic carbocycles. The van der Waals surface area contributed by atoms with E-state index in [2.05, 4.69) is 57.2 Å². The van der Waals surface area contributed by atoms with Gasteiger partial charge in [-0.3, -0.25) is 14.4 Å². The van der Waals surface area contributed by atoms with Gasteiger partial charge in [-0.2, -0.15) is 0 Å². The number of unbranched alkanes of at least 4 members (excludes halogenated alkanes) is 52. The van der Waals surface area contributed by atoms with E-state index < -0.39 is 6.10 Å². The molecule has 1 unspecified atom stereocenters. The first-order valence-electron chi connectivity index (χ1n) is 37.0. The second-order valence-corrected chi connectivity index (χ2v) is 25.2. The van der Waals surface area contributed by atoms with Crippen molar-refractivity contribution in [2.24, 2.45) is 0 Å². The van der Waals surface area contributed by atoms with E-state index in [0.717, 1.165) is 70.6 Å². The standard InChI is InChI=1S/C76H142O6/c1-4-7-10-13-16-19-21-23-25-27-29-31-33-35-37-38-39-41-42-44-46-48-50-52-54-57-60-63-66-69-75(78)81-72-73(71-80-74(77)68-65-62-59-56-18-15-12-9-6-3)82-76(79)70-67-64-61-58-55-53-51-49-47-45-43-40-36-34-32-30-28-26-24-22-20-17-14-11-8-5-2/h21,23,27,29,33,35,73H,4-20,22,24-26,28,30-32,34,36-72H2,1-3H3/b23-21-,29-27-,35-33-.